The summed E-state index contributed by atoms with van der Waals surface area (Å²) in [6.07, 6.45) is -4.67. The maximum Gasteiger partial charge on any atom is 0.416 e. The van der Waals surface area contributed by atoms with Gasteiger partial charge in [-0.2, -0.15) is 13.2 Å². The molecule has 0 aliphatic carbocycles. The van der Waals surface area contributed by atoms with E-state index in [1.165, 1.54) is 12.1 Å². The second-order valence-electron chi connectivity index (χ2n) is 6.01. The molecule has 1 aliphatic rings. The fraction of sp³-hybridized carbons (Fsp3) is 0.294. The van der Waals surface area contributed by atoms with Crippen LogP contribution in [-0.2, 0) is 20.9 Å². The van der Waals surface area contributed by atoms with E-state index in [4.69, 9.17) is 16.3 Å². The van der Waals surface area contributed by atoms with Crippen LogP contribution in [0.25, 0.3) is 0 Å². The topological polar surface area (TPSA) is 58.6 Å². The van der Waals surface area contributed by atoms with E-state index in [-0.39, 0.29) is 16.4 Å². The van der Waals surface area contributed by atoms with Crippen molar-refractivity contribution in [2.75, 3.05) is 35.9 Å². The number of alkyl halides is 3. The highest BCUT2D eigenvalue weighted by Crippen LogP contribution is 2.37. The molecule has 1 aliphatic heterocycles. The summed E-state index contributed by atoms with van der Waals surface area (Å²) in [5.74, 6) is -1.11. The predicted octanol–water partition coefficient (Wildman–Crippen LogP) is 4.14. The molecule has 3 rings (SSSR count). The molecule has 28 heavy (non-hydrogen) atoms. The molecule has 0 saturated carbocycles. The number of rotatable bonds is 4. The number of nitrogens with one attached hydrogen (secondary N) is 1. The maximum atomic E-state index is 14.1. The van der Waals surface area contributed by atoms with Gasteiger partial charge >= 0.3 is 6.18 Å². The van der Waals surface area contributed by atoms with Crippen molar-refractivity contribution in [2.24, 2.45) is 0 Å². The molecule has 11 heteroatoms. The third-order valence-electron chi connectivity index (χ3n) is 4.10. The normalized spacial score (nSPS) is 15.5. The average molecular weight is 439 g/mol. The van der Waals surface area contributed by atoms with E-state index in [1.54, 1.807) is 4.90 Å². The van der Waals surface area contributed by atoms with Gasteiger partial charge in [-0.1, -0.05) is 11.6 Å². The Balaban J connectivity index is 2.04. The van der Waals surface area contributed by atoms with Crippen LogP contribution in [0.4, 0.5) is 28.9 Å². The molecule has 1 heterocycles. The maximum absolute atomic E-state index is 14.1. The lowest BCUT2D eigenvalue weighted by Gasteiger charge is -2.31. The molecule has 0 unspecified atom stereocenters. The minimum atomic E-state index is -4.67. The highest BCUT2D eigenvalue weighted by molar-refractivity contribution is 7.92. The van der Waals surface area contributed by atoms with Crippen molar-refractivity contribution in [2.45, 2.75) is 11.1 Å². The molecule has 1 saturated heterocycles. The molecule has 0 bridgehead atoms. The van der Waals surface area contributed by atoms with Crippen LogP contribution in [0.5, 0.6) is 0 Å². The number of halogens is 5. The van der Waals surface area contributed by atoms with Gasteiger partial charge < -0.3 is 9.64 Å². The van der Waals surface area contributed by atoms with Crippen molar-refractivity contribution < 1.29 is 30.7 Å². The molecule has 1 N–H and O–H groups in total. The second-order valence-corrected chi connectivity index (χ2v) is 8.10. The highest BCUT2D eigenvalue weighted by atomic mass is 35.5. The van der Waals surface area contributed by atoms with E-state index < -0.39 is 32.5 Å². The van der Waals surface area contributed by atoms with Gasteiger partial charge in [-0.15, -0.1) is 0 Å². The molecule has 2 aromatic carbocycles. The molecule has 0 amide bonds. The number of hydrogen-bond acceptors (Lipinski definition) is 4. The van der Waals surface area contributed by atoms with Gasteiger partial charge in [0.15, 0.2) is 0 Å². The number of nitrogens with zero attached hydrogens (tertiary/aromatic N) is 1. The lowest BCUT2D eigenvalue weighted by molar-refractivity contribution is -0.137. The van der Waals surface area contributed by atoms with Gasteiger partial charge in [-0.05, 0) is 36.4 Å². The number of ether oxygens (including phenoxy) is 1. The van der Waals surface area contributed by atoms with E-state index in [0.29, 0.717) is 32.4 Å². The lowest BCUT2D eigenvalue weighted by atomic mass is 10.1. The molecule has 0 radical (unpaired) electrons. The Kier molecular flexibility index (Phi) is 5.74. The van der Waals surface area contributed by atoms with Crippen molar-refractivity contribution in [3.8, 4) is 0 Å². The van der Waals surface area contributed by atoms with Crippen LogP contribution >= 0.6 is 11.6 Å². The highest BCUT2D eigenvalue weighted by Gasteiger charge is 2.32. The largest absolute Gasteiger partial charge is 0.416 e. The molecule has 1 fully saturated rings. The summed E-state index contributed by atoms with van der Waals surface area (Å²) in [6, 6.07) is 5.67. The van der Waals surface area contributed by atoms with Crippen molar-refractivity contribution in [3.05, 3.63) is 52.8 Å². The van der Waals surface area contributed by atoms with Crippen molar-refractivity contribution in [1.29, 1.82) is 0 Å². The molecule has 5 nitrogen and oxygen atoms in total. The van der Waals surface area contributed by atoms with Gasteiger partial charge in [0, 0.05) is 18.1 Å². The standard InChI is InChI=1S/C17H15ClF4N2O3S/c18-12-2-4-16(13(19)10-12)28(25,26)23-14-9-11(17(20,21)22)1-3-15(14)24-5-7-27-8-6-24/h1-4,9-10,23H,5-8H2. The Bertz CT molecular complexity index is 977. The fourth-order valence-electron chi connectivity index (χ4n) is 2.77. The van der Waals surface area contributed by atoms with E-state index in [9.17, 15) is 26.0 Å². The lowest BCUT2D eigenvalue weighted by Crippen LogP contribution is -2.37. The SMILES string of the molecule is O=S(=O)(Nc1cc(C(F)(F)F)ccc1N1CCOCC1)c1ccc(Cl)cc1F. The van der Waals surface area contributed by atoms with Gasteiger partial charge in [-0.3, -0.25) is 4.72 Å². The number of morpholine rings is 1. The summed E-state index contributed by atoms with van der Waals surface area (Å²) in [7, 11) is -4.49. The van der Waals surface area contributed by atoms with Gasteiger partial charge in [0.05, 0.1) is 30.2 Å². The first-order valence-corrected chi connectivity index (χ1v) is 9.96. The summed E-state index contributed by atoms with van der Waals surface area (Å²) in [5, 5.41) is -0.00970. The molecule has 2 aromatic rings. The summed E-state index contributed by atoms with van der Waals surface area (Å²) >= 11 is 5.63. The van der Waals surface area contributed by atoms with Crippen LogP contribution in [-0.4, -0.2) is 34.7 Å². The van der Waals surface area contributed by atoms with Gasteiger partial charge in [0.2, 0.25) is 0 Å². The van der Waals surface area contributed by atoms with E-state index in [1.807, 2.05) is 0 Å². The first-order chi connectivity index (χ1) is 13.1. The number of sulfonamides is 1. The first kappa shape index (κ1) is 20.7. The van der Waals surface area contributed by atoms with Crippen LogP contribution in [0.2, 0.25) is 5.02 Å². The van der Waals surface area contributed by atoms with E-state index in [2.05, 4.69) is 4.72 Å². The summed E-state index contributed by atoms with van der Waals surface area (Å²) < 4.78 is 85.9. The molecular formula is C17H15ClF4N2O3S. The van der Waals surface area contributed by atoms with Crippen LogP contribution in [0.15, 0.2) is 41.3 Å². The Labute approximate surface area is 163 Å². The molecule has 0 spiro atoms. The summed E-state index contributed by atoms with van der Waals surface area (Å²) in [5.41, 5.74) is -1.08. The minimum Gasteiger partial charge on any atom is -0.378 e. The molecule has 0 aromatic heterocycles. The van der Waals surface area contributed by atoms with Crippen LogP contribution < -0.4 is 9.62 Å². The van der Waals surface area contributed by atoms with Crippen molar-refractivity contribution in [1.82, 2.24) is 0 Å². The fourth-order valence-corrected chi connectivity index (χ4v) is 4.05. The molecular weight excluding hydrogens is 424 g/mol. The zero-order chi connectivity index (χ0) is 20.5. The molecule has 152 valence electrons. The summed E-state index contributed by atoms with van der Waals surface area (Å²) in [6.45, 7) is 1.43. The van der Waals surface area contributed by atoms with Crippen LogP contribution in [0.1, 0.15) is 5.56 Å². The first-order valence-electron chi connectivity index (χ1n) is 8.10. The Morgan fingerprint density at radius 2 is 1.75 bits per heavy atom. The van der Waals surface area contributed by atoms with Gasteiger partial charge in [0.1, 0.15) is 10.7 Å². The van der Waals surface area contributed by atoms with Crippen LogP contribution in [0.3, 0.4) is 0 Å². The van der Waals surface area contributed by atoms with E-state index in [0.717, 1.165) is 18.2 Å². The van der Waals surface area contributed by atoms with E-state index >= 15 is 0 Å². The number of anilines is 2. The minimum absolute atomic E-state index is 0.00970. The van der Waals surface area contributed by atoms with Gasteiger partial charge in [-0.25, -0.2) is 12.8 Å². The third-order valence-corrected chi connectivity index (χ3v) is 5.74. The molecule has 0 atom stereocenters. The zero-order valence-electron chi connectivity index (χ0n) is 14.3. The Hall–Kier alpha value is -2.04. The second kappa shape index (κ2) is 7.76. The average Bonchev–Trinajstić information content (AvgIpc) is 2.61. The summed E-state index contributed by atoms with van der Waals surface area (Å²) in [4.78, 5) is 0.974. The predicted molar refractivity (Wildman–Crippen MR) is 96.7 cm³/mol. The third kappa shape index (κ3) is 4.50. The number of benzene rings is 2. The Morgan fingerprint density at radius 3 is 2.36 bits per heavy atom. The van der Waals surface area contributed by atoms with Gasteiger partial charge in [0.25, 0.3) is 10.0 Å². The Morgan fingerprint density at radius 1 is 1.07 bits per heavy atom. The zero-order valence-corrected chi connectivity index (χ0v) is 15.8. The number of hydrogen-bond donors (Lipinski definition) is 1. The smallest absolute Gasteiger partial charge is 0.378 e. The van der Waals surface area contributed by atoms with Crippen molar-refractivity contribution in [3.63, 3.8) is 0 Å². The quantitative estimate of drug-likeness (QED) is 0.729. The monoisotopic (exact) mass is 438 g/mol. The van der Waals surface area contributed by atoms with Crippen molar-refractivity contribution >= 4 is 33.0 Å². The van der Waals surface area contributed by atoms with Crippen LogP contribution in [0, 0.1) is 5.82 Å².